The van der Waals surface area contributed by atoms with Gasteiger partial charge >= 0.3 is 5.97 Å². The molecule has 1 aliphatic rings. The Morgan fingerprint density at radius 2 is 1.94 bits per heavy atom. The standard InChI is InChI=1S/C24H22N6O5S/c25-21(31)22-27-17-5-4-16(13-19(17)36-22)35-23(32)18-14-20(34-10-6-15-3-1-2-7-26-15)29-24(28-18)30-8-11-33-12-9-30/h1-5,7,13-14H,6,8-12H2,(H2,25,31). The van der Waals surface area contributed by atoms with E-state index in [4.69, 9.17) is 19.9 Å². The Bertz CT molecular complexity index is 1390. The summed E-state index contributed by atoms with van der Waals surface area (Å²) in [7, 11) is 0. The average Bonchev–Trinajstić information content (AvgIpc) is 3.34. The summed E-state index contributed by atoms with van der Waals surface area (Å²) in [6.45, 7) is 2.59. The number of nitrogens with two attached hydrogens (primary N) is 1. The first-order chi connectivity index (χ1) is 17.5. The number of morpholine rings is 1. The highest BCUT2D eigenvalue weighted by Gasteiger charge is 2.21. The van der Waals surface area contributed by atoms with Crippen LogP contribution in [-0.2, 0) is 11.2 Å². The van der Waals surface area contributed by atoms with Crippen LogP contribution in [0.4, 0.5) is 5.95 Å². The number of hydrogen-bond acceptors (Lipinski definition) is 11. The highest BCUT2D eigenvalue weighted by molar-refractivity contribution is 7.20. The molecular weight excluding hydrogens is 484 g/mol. The van der Waals surface area contributed by atoms with E-state index in [2.05, 4.69) is 19.9 Å². The van der Waals surface area contributed by atoms with E-state index >= 15 is 0 Å². The molecule has 0 unspecified atom stereocenters. The molecule has 0 radical (unpaired) electrons. The molecule has 4 heterocycles. The molecule has 4 aromatic rings. The van der Waals surface area contributed by atoms with Gasteiger partial charge in [-0.15, -0.1) is 11.3 Å². The molecular formula is C24H22N6O5S. The van der Waals surface area contributed by atoms with Gasteiger partial charge in [-0.1, -0.05) is 6.07 Å². The topological polar surface area (TPSA) is 143 Å². The fourth-order valence-corrected chi connectivity index (χ4v) is 4.38. The van der Waals surface area contributed by atoms with Crippen molar-refractivity contribution >= 4 is 39.4 Å². The van der Waals surface area contributed by atoms with Crippen molar-refractivity contribution in [3.63, 3.8) is 0 Å². The maximum atomic E-state index is 13.0. The van der Waals surface area contributed by atoms with Gasteiger partial charge < -0.3 is 24.8 Å². The summed E-state index contributed by atoms with van der Waals surface area (Å²) < 4.78 is 17.5. The summed E-state index contributed by atoms with van der Waals surface area (Å²) in [6, 6.07) is 12.0. The maximum Gasteiger partial charge on any atom is 0.362 e. The van der Waals surface area contributed by atoms with Crippen LogP contribution in [-0.4, -0.2) is 64.7 Å². The van der Waals surface area contributed by atoms with Crippen molar-refractivity contribution < 1.29 is 23.8 Å². The Labute approximate surface area is 209 Å². The van der Waals surface area contributed by atoms with Crippen LogP contribution in [0.25, 0.3) is 10.2 Å². The van der Waals surface area contributed by atoms with Gasteiger partial charge in [0.25, 0.3) is 5.91 Å². The highest BCUT2D eigenvalue weighted by atomic mass is 32.1. The Morgan fingerprint density at radius 3 is 2.72 bits per heavy atom. The fourth-order valence-electron chi connectivity index (χ4n) is 3.54. The van der Waals surface area contributed by atoms with E-state index in [0.29, 0.717) is 55.5 Å². The van der Waals surface area contributed by atoms with Crippen molar-refractivity contribution in [1.29, 1.82) is 0 Å². The number of thiazole rings is 1. The summed E-state index contributed by atoms with van der Waals surface area (Å²) in [5, 5.41) is 0.187. The number of primary amides is 1. The third kappa shape index (κ3) is 5.56. The highest BCUT2D eigenvalue weighted by Crippen LogP contribution is 2.27. The second kappa shape index (κ2) is 10.6. The van der Waals surface area contributed by atoms with Crippen LogP contribution >= 0.6 is 11.3 Å². The lowest BCUT2D eigenvalue weighted by Crippen LogP contribution is -2.37. The number of ether oxygens (including phenoxy) is 3. The van der Waals surface area contributed by atoms with Crippen molar-refractivity contribution in [2.75, 3.05) is 37.8 Å². The molecule has 3 aromatic heterocycles. The Balaban J connectivity index is 1.36. The minimum absolute atomic E-state index is 0.0570. The molecule has 0 saturated carbocycles. The normalized spacial score (nSPS) is 13.5. The molecule has 1 amide bonds. The number of carbonyl (C=O) groups is 2. The molecule has 1 aromatic carbocycles. The Kier molecular flexibility index (Phi) is 6.96. The zero-order valence-corrected chi connectivity index (χ0v) is 19.9. The summed E-state index contributed by atoms with van der Waals surface area (Å²) in [4.78, 5) is 43.8. The van der Waals surface area contributed by atoms with Gasteiger partial charge in [0.1, 0.15) is 5.75 Å². The molecule has 0 atom stereocenters. The van der Waals surface area contributed by atoms with Gasteiger partial charge in [0, 0.05) is 43.5 Å². The number of anilines is 1. The monoisotopic (exact) mass is 506 g/mol. The molecule has 36 heavy (non-hydrogen) atoms. The van der Waals surface area contributed by atoms with Gasteiger partial charge in [-0.3, -0.25) is 9.78 Å². The van der Waals surface area contributed by atoms with Crippen molar-refractivity contribution in [2.45, 2.75) is 6.42 Å². The van der Waals surface area contributed by atoms with Gasteiger partial charge in [0.2, 0.25) is 11.8 Å². The quantitative estimate of drug-likeness (QED) is 0.279. The smallest absolute Gasteiger partial charge is 0.362 e. The number of rotatable bonds is 8. The first kappa shape index (κ1) is 23.6. The molecule has 11 nitrogen and oxygen atoms in total. The van der Waals surface area contributed by atoms with Crippen LogP contribution < -0.4 is 20.1 Å². The summed E-state index contributed by atoms with van der Waals surface area (Å²) in [5.41, 5.74) is 6.85. The van der Waals surface area contributed by atoms with Gasteiger partial charge in [-0.25, -0.2) is 14.8 Å². The molecule has 184 valence electrons. The SMILES string of the molecule is NC(=O)c1nc2ccc(OC(=O)c3cc(OCCc4ccccn4)nc(N4CCOCC4)n3)cc2s1. The average molecular weight is 507 g/mol. The van der Waals surface area contributed by atoms with Crippen molar-refractivity contribution in [3.8, 4) is 11.6 Å². The lowest BCUT2D eigenvalue weighted by Gasteiger charge is -2.27. The van der Waals surface area contributed by atoms with Gasteiger partial charge in [-0.05, 0) is 24.3 Å². The summed E-state index contributed by atoms with van der Waals surface area (Å²) in [6.07, 6.45) is 2.31. The van der Waals surface area contributed by atoms with Crippen LogP contribution in [0.15, 0.2) is 48.7 Å². The van der Waals surface area contributed by atoms with Crippen molar-refractivity contribution in [1.82, 2.24) is 19.9 Å². The van der Waals surface area contributed by atoms with Crippen LogP contribution in [0.1, 0.15) is 26.0 Å². The lowest BCUT2D eigenvalue weighted by molar-refractivity contribution is 0.0727. The third-order valence-corrected chi connectivity index (χ3v) is 6.34. The fraction of sp³-hybridized carbons (Fsp3) is 0.250. The summed E-state index contributed by atoms with van der Waals surface area (Å²) >= 11 is 1.13. The molecule has 1 saturated heterocycles. The van der Waals surface area contributed by atoms with E-state index in [1.54, 1.807) is 24.4 Å². The predicted octanol–water partition coefficient (Wildman–Crippen LogP) is 2.26. The first-order valence-corrected chi connectivity index (χ1v) is 12.0. The van der Waals surface area contributed by atoms with Gasteiger partial charge in [0.05, 0.1) is 30.0 Å². The molecule has 0 spiro atoms. The van der Waals surface area contributed by atoms with Crippen LogP contribution in [0, 0.1) is 0 Å². The van der Waals surface area contributed by atoms with Gasteiger partial charge in [0.15, 0.2) is 10.7 Å². The molecule has 1 fully saturated rings. The van der Waals surface area contributed by atoms with Crippen molar-refractivity contribution in [3.05, 3.63) is 65.1 Å². The third-order valence-electron chi connectivity index (χ3n) is 5.31. The molecule has 1 aliphatic heterocycles. The van der Waals surface area contributed by atoms with E-state index in [1.165, 1.54) is 6.07 Å². The molecule has 12 heteroatoms. The number of aromatic nitrogens is 4. The summed E-state index contributed by atoms with van der Waals surface area (Å²) in [5.74, 6) is -0.360. The van der Waals surface area contributed by atoms with E-state index in [9.17, 15) is 9.59 Å². The van der Waals surface area contributed by atoms with E-state index in [1.807, 2.05) is 23.1 Å². The Morgan fingerprint density at radius 1 is 1.08 bits per heavy atom. The molecule has 2 N–H and O–H groups in total. The number of carbonyl (C=O) groups excluding carboxylic acids is 2. The molecule has 0 aliphatic carbocycles. The minimum atomic E-state index is -0.666. The number of fused-ring (bicyclic) bond motifs is 1. The zero-order valence-electron chi connectivity index (χ0n) is 19.1. The number of nitrogens with zero attached hydrogens (tertiary/aromatic N) is 5. The number of pyridine rings is 1. The lowest BCUT2D eigenvalue weighted by atomic mass is 10.3. The molecule has 0 bridgehead atoms. The largest absolute Gasteiger partial charge is 0.477 e. The second-order valence-corrected chi connectivity index (χ2v) is 8.84. The minimum Gasteiger partial charge on any atom is -0.477 e. The first-order valence-electron chi connectivity index (χ1n) is 11.2. The zero-order chi connectivity index (χ0) is 24.9. The number of esters is 1. The van der Waals surface area contributed by atoms with E-state index in [-0.39, 0.29) is 22.3 Å². The second-order valence-electron chi connectivity index (χ2n) is 7.81. The Hall–Kier alpha value is -4.16. The predicted molar refractivity (Wildman–Crippen MR) is 132 cm³/mol. The van der Waals surface area contributed by atoms with Crippen LogP contribution in [0.5, 0.6) is 11.6 Å². The van der Waals surface area contributed by atoms with Crippen LogP contribution in [0.3, 0.4) is 0 Å². The van der Waals surface area contributed by atoms with Gasteiger partial charge in [-0.2, -0.15) is 4.98 Å². The number of hydrogen-bond donors (Lipinski definition) is 1. The number of amides is 1. The number of benzene rings is 1. The maximum absolute atomic E-state index is 13.0. The van der Waals surface area contributed by atoms with Crippen LogP contribution in [0.2, 0.25) is 0 Å². The van der Waals surface area contributed by atoms with E-state index < -0.39 is 11.9 Å². The van der Waals surface area contributed by atoms with Crippen molar-refractivity contribution in [2.24, 2.45) is 5.73 Å². The molecule has 5 rings (SSSR count). The van der Waals surface area contributed by atoms with E-state index in [0.717, 1.165) is 17.0 Å².